The summed E-state index contributed by atoms with van der Waals surface area (Å²) in [5.74, 6) is 0.264. The Morgan fingerprint density at radius 2 is 1.83 bits per heavy atom. The van der Waals surface area contributed by atoms with Gasteiger partial charge in [0.25, 0.3) is 5.91 Å². The van der Waals surface area contributed by atoms with Crippen molar-refractivity contribution in [1.82, 2.24) is 10.6 Å². The highest BCUT2D eigenvalue weighted by molar-refractivity contribution is 7.12. The van der Waals surface area contributed by atoms with Crippen LogP contribution in [0.2, 0.25) is 0 Å². The number of ether oxygens (including phenoxy) is 4. The third kappa shape index (κ3) is 7.56. The molecule has 2 heterocycles. The van der Waals surface area contributed by atoms with Crippen LogP contribution in [0.15, 0.2) is 60.0 Å². The van der Waals surface area contributed by atoms with Gasteiger partial charge < -0.3 is 29.6 Å². The van der Waals surface area contributed by atoms with E-state index >= 15 is 0 Å². The summed E-state index contributed by atoms with van der Waals surface area (Å²) in [7, 11) is 3.03. The van der Waals surface area contributed by atoms with E-state index in [1.165, 1.54) is 30.5 Å². The monoisotopic (exact) mass is 581 g/mol. The number of nitrogens with zero attached hydrogens (tertiary/aromatic N) is 1. The van der Waals surface area contributed by atoms with Gasteiger partial charge in [0.05, 0.1) is 38.4 Å². The number of carbonyl (C=O) groups excluding carboxylic acids is 3. The van der Waals surface area contributed by atoms with Gasteiger partial charge in [-0.3, -0.25) is 19.3 Å². The molecule has 11 heteroatoms. The highest BCUT2D eigenvalue weighted by Gasteiger charge is 2.34. The molecule has 0 saturated carbocycles. The van der Waals surface area contributed by atoms with E-state index in [4.69, 9.17) is 18.9 Å². The predicted molar refractivity (Wildman–Crippen MR) is 156 cm³/mol. The number of nitrogens with one attached hydrogen (secondary N) is 2. The lowest BCUT2D eigenvalue weighted by molar-refractivity contribution is -0.126. The molecule has 41 heavy (non-hydrogen) atoms. The third-order valence-electron chi connectivity index (χ3n) is 6.60. The maximum absolute atomic E-state index is 13.9. The van der Waals surface area contributed by atoms with Crippen LogP contribution in [0.3, 0.4) is 0 Å². The van der Waals surface area contributed by atoms with Crippen LogP contribution >= 0.6 is 11.3 Å². The summed E-state index contributed by atoms with van der Waals surface area (Å²) in [6.07, 6.45) is 1.68. The van der Waals surface area contributed by atoms with E-state index in [1.54, 1.807) is 60.0 Å². The van der Waals surface area contributed by atoms with Crippen molar-refractivity contribution in [2.24, 2.45) is 0 Å². The maximum atomic E-state index is 13.9. The molecule has 2 N–H and O–H groups in total. The summed E-state index contributed by atoms with van der Waals surface area (Å²) in [6.45, 7) is 3.00. The standard InChI is InChI=1S/C30H35N3O7S/c1-4-39-22-12-10-21(11-13-22)33(27(34)19-32-29(35)26-8-6-16-41-26)28(30(36)31-18-23-7-5-15-40-23)20-9-14-24(37-2)25(17-20)38-3/h6,8-14,16-17,23,28H,4-5,7,15,18-19H2,1-3H3,(H,31,36)(H,32,35)/t23-,28-/m0/s1. The minimum Gasteiger partial charge on any atom is -0.494 e. The van der Waals surface area contributed by atoms with Gasteiger partial charge in [-0.15, -0.1) is 11.3 Å². The van der Waals surface area contributed by atoms with E-state index in [0.29, 0.717) is 53.1 Å². The van der Waals surface area contributed by atoms with Crippen molar-refractivity contribution in [3.63, 3.8) is 0 Å². The molecule has 1 aliphatic heterocycles. The minimum atomic E-state index is -1.10. The highest BCUT2D eigenvalue weighted by Crippen LogP contribution is 2.35. The second-order valence-corrected chi connectivity index (χ2v) is 10.2. The fourth-order valence-corrected chi connectivity index (χ4v) is 5.24. The van der Waals surface area contributed by atoms with Gasteiger partial charge in [-0.1, -0.05) is 12.1 Å². The first-order chi connectivity index (χ1) is 19.9. The summed E-state index contributed by atoms with van der Waals surface area (Å²) >= 11 is 1.28. The Kier molecular flexibility index (Phi) is 10.6. The number of benzene rings is 2. The van der Waals surface area contributed by atoms with E-state index < -0.39 is 17.9 Å². The lowest BCUT2D eigenvalue weighted by atomic mass is 10.0. The molecule has 0 aliphatic carbocycles. The molecule has 4 rings (SSSR count). The molecule has 1 aliphatic rings. The number of thiophene rings is 1. The van der Waals surface area contributed by atoms with Crippen LogP contribution in [0.25, 0.3) is 0 Å². The molecule has 1 saturated heterocycles. The van der Waals surface area contributed by atoms with Crippen LogP contribution in [0.1, 0.15) is 41.0 Å². The summed E-state index contributed by atoms with van der Waals surface area (Å²) < 4.78 is 22.2. The van der Waals surface area contributed by atoms with Gasteiger partial charge in [0.15, 0.2) is 11.5 Å². The second-order valence-electron chi connectivity index (χ2n) is 9.25. The zero-order valence-electron chi connectivity index (χ0n) is 23.4. The summed E-state index contributed by atoms with van der Waals surface area (Å²) in [6, 6.07) is 14.3. The van der Waals surface area contributed by atoms with Gasteiger partial charge in [0, 0.05) is 18.8 Å². The van der Waals surface area contributed by atoms with Crippen molar-refractivity contribution in [3.8, 4) is 17.2 Å². The van der Waals surface area contributed by atoms with Crippen LogP contribution in [0.5, 0.6) is 17.2 Å². The van der Waals surface area contributed by atoms with Gasteiger partial charge in [-0.25, -0.2) is 0 Å². The number of hydrogen-bond acceptors (Lipinski definition) is 8. The van der Waals surface area contributed by atoms with Gasteiger partial charge in [0.2, 0.25) is 11.8 Å². The molecular weight excluding hydrogens is 546 g/mol. The molecule has 0 spiro atoms. The molecule has 1 fully saturated rings. The zero-order chi connectivity index (χ0) is 29.2. The van der Waals surface area contributed by atoms with Crippen molar-refractivity contribution >= 4 is 34.7 Å². The smallest absolute Gasteiger partial charge is 0.261 e. The molecule has 2 atom stereocenters. The SMILES string of the molecule is CCOc1ccc(N(C(=O)CNC(=O)c2cccs2)[C@H](C(=O)NC[C@@H]2CCCO2)c2ccc(OC)c(OC)c2)cc1. The van der Waals surface area contributed by atoms with E-state index in [9.17, 15) is 14.4 Å². The Morgan fingerprint density at radius 1 is 1.05 bits per heavy atom. The lowest BCUT2D eigenvalue weighted by Gasteiger charge is -2.32. The average Bonchev–Trinajstić information content (AvgIpc) is 3.73. The Hall–Kier alpha value is -4.09. The van der Waals surface area contributed by atoms with Crippen molar-refractivity contribution < 1.29 is 33.3 Å². The van der Waals surface area contributed by atoms with Crippen LogP contribution in [-0.4, -0.2) is 64.3 Å². The van der Waals surface area contributed by atoms with Crippen molar-refractivity contribution in [2.45, 2.75) is 31.9 Å². The first-order valence-electron chi connectivity index (χ1n) is 13.4. The zero-order valence-corrected chi connectivity index (χ0v) is 24.2. The maximum Gasteiger partial charge on any atom is 0.261 e. The molecule has 3 aromatic rings. The van der Waals surface area contributed by atoms with Crippen molar-refractivity contribution in [2.75, 3.05) is 45.4 Å². The minimum absolute atomic E-state index is 0.0929. The summed E-state index contributed by atoms with van der Waals surface area (Å²) in [5, 5.41) is 7.45. The van der Waals surface area contributed by atoms with Crippen LogP contribution in [0, 0.1) is 0 Å². The predicted octanol–water partition coefficient (Wildman–Crippen LogP) is 3.96. The van der Waals surface area contributed by atoms with Crippen molar-refractivity contribution in [3.05, 3.63) is 70.4 Å². The number of anilines is 1. The van der Waals surface area contributed by atoms with E-state index in [0.717, 1.165) is 12.8 Å². The summed E-state index contributed by atoms with van der Waals surface area (Å²) in [5.41, 5.74) is 0.954. The molecule has 0 bridgehead atoms. The van der Waals surface area contributed by atoms with E-state index in [1.807, 2.05) is 6.92 Å². The molecular formula is C30H35N3O7S. The fourth-order valence-electron chi connectivity index (χ4n) is 4.60. The van der Waals surface area contributed by atoms with E-state index in [-0.39, 0.29) is 18.6 Å². The Morgan fingerprint density at radius 3 is 2.46 bits per heavy atom. The topological polar surface area (TPSA) is 115 Å². The molecule has 3 amide bonds. The van der Waals surface area contributed by atoms with Crippen LogP contribution in [-0.2, 0) is 14.3 Å². The Balaban J connectivity index is 1.72. The number of amides is 3. The number of carbonyl (C=O) groups is 3. The molecule has 1 aromatic heterocycles. The quantitative estimate of drug-likeness (QED) is 0.314. The lowest BCUT2D eigenvalue weighted by Crippen LogP contribution is -2.48. The van der Waals surface area contributed by atoms with Gasteiger partial charge in [0.1, 0.15) is 11.8 Å². The fraction of sp³-hybridized carbons (Fsp3) is 0.367. The summed E-state index contributed by atoms with van der Waals surface area (Å²) in [4.78, 5) is 42.4. The number of methoxy groups -OCH3 is 2. The second kappa shape index (κ2) is 14.5. The number of rotatable bonds is 13. The number of hydrogen-bond donors (Lipinski definition) is 2. The average molecular weight is 582 g/mol. The van der Waals surface area contributed by atoms with Gasteiger partial charge >= 0.3 is 0 Å². The molecule has 10 nitrogen and oxygen atoms in total. The Labute approximate surface area is 243 Å². The molecule has 2 aromatic carbocycles. The van der Waals surface area contributed by atoms with Crippen LogP contribution < -0.4 is 29.7 Å². The Bertz CT molecular complexity index is 1310. The first kappa shape index (κ1) is 29.9. The first-order valence-corrected chi connectivity index (χ1v) is 14.3. The third-order valence-corrected chi connectivity index (χ3v) is 7.47. The molecule has 218 valence electrons. The van der Waals surface area contributed by atoms with Crippen molar-refractivity contribution in [1.29, 1.82) is 0 Å². The molecule has 0 unspecified atom stereocenters. The normalized spacial score (nSPS) is 15.0. The van der Waals surface area contributed by atoms with Gasteiger partial charge in [-0.05, 0) is 73.2 Å². The molecule has 0 radical (unpaired) electrons. The largest absolute Gasteiger partial charge is 0.494 e. The van der Waals surface area contributed by atoms with E-state index in [2.05, 4.69) is 10.6 Å². The van der Waals surface area contributed by atoms with Crippen LogP contribution in [0.4, 0.5) is 5.69 Å². The highest BCUT2D eigenvalue weighted by atomic mass is 32.1. The van der Waals surface area contributed by atoms with Gasteiger partial charge in [-0.2, -0.15) is 0 Å².